The van der Waals surface area contributed by atoms with E-state index < -0.39 is 0 Å². The number of aromatic nitrogens is 8. The minimum atomic E-state index is 0.418. The zero-order valence-corrected chi connectivity index (χ0v) is 33.8. The van der Waals surface area contributed by atoms with Crippen molar-refractivity contribution in [2.75, 3.05) is 26.2 Å². The first-order valence-corrected chi connectivity index (χ1v) is 20.3. The van der Waals surface area contributed by atoms with Crippen molar-refractivity contribution in [2.45, 2.75) is 13.8 Å². The molecule has 0 unspecified atom stereocenters. The number of furan rings is 2. The normalized spacial score (nSPS) is 14.0. The average Bonchev–Trinajstić information content (AvgIpc) is 4.17. The van der Waals surface area contributed by atoms with Crippen molar-refractivity contribution in [3.8, 4) is 22.7 Å². The molecule has 0 bridgehead atoms. The van der Waals surface area contributed by atoms with Gasteiger partial charge in [-0.25, -0.2) is 0 Å². The number of carbonyl (C=O) groups excluding carboxylic acids is 2. The number of piperazine rings is 1. The van der Waals surface area contributed by atoms with Crippen LogP contribution in [0.25, 0.3) is 78.3 Å². The Hall–Kier alpha value is -8.26. The van der Waals surface area contributed by atoms with E-state index in [4.69, 9.17) is 29.2 Å². The molecule has 14 nitrogen and oxygen atoms in total. The average molecular weight is 819 g/mol. The molecule has 11 rings (SSSR count). The summed E-state index contributed by atoms with van der Waals surface area (Å²) in [6.07, 6.45) is 5.46. The standard InChI is InChI=1S/C48H38N10O4/c1-31-39-41-43(51-57(37-19-11-5-12-20-37)47(41)61-45(39)55(49-31)35-15-7-3-8-16-35)33(29-59)27-53-23-25-54(26-24-53)28-34(30-60)44-42-40-32(2)50-56(36-17-9-4-10-18-36)46(40)62-48(42)58(52-44)38-21-13-6-14-22-38/h3-22,27-30H,23-26H2,1-2H3/b33-27+,34-28+. The van der Waals surface area contributed by atoms with Crippen LogP contribution < -0.4 is 0 Å². The lowest BCUT2D eigenvalue weighted by Crippen LogP contribution is -2.41. The van der Waals surface area contributed by atoms with Crippen LogP contribution in [-0.4, -0.2) is 87.7 Å². The van der Waals surface area contributed by atoms with E-state index in [-0.39, 0.29) is 0 Å². The van der Waals surface area contributed by atoms with E-state index >= 15 is 0 Å². The van der Waals surface area contributed by atoms with Crippen molar-refractivity contribution in [3.63, 3.8) is 0 Å². The molecule has 1 aliphatic rings. The SMILES string of the molecule is Cc1nn(-c2ccccc2)c2oc3c(c(/C(C=O)=C/N4CCN(/C=C(\C=O)c5nn(-c6ccccc6)c6oc7c(c(C)nn7-c7ccccc7)c56)CC4)nn3-c3ccccc3)c12. The molecule has 0 N–H and O–H groups in total. The van der Waals surface area contributed by atoms with Gasteiger partial charge in [-0.15, -0.1) is 0 Å². The fraction of sp³-hybridized carbons (Fsp3) is 0.125. The summed E-state index contributed by atoms with van der Waals surface area (Å²) in [5.74, 6) is 0. The lowest BCUT2D eigenvalue weighted by Gasteiger charge is -2.33. The van der Waals surface area contributed by atoms with Crippen LogP contribution in [0, 0.1) is 13.8 Å². The van der Waals surface area contributed by atoms with Crippen molar-refractivity contribution in [1.29, 1.82) is 0 Å². The number of fused-ring (bicyclic) bond motifs is 6. The Morgan fingerprint density at radius 2 is 0.726 bits per heavy atom. The summed E-state index contributed by atoms with van der Waals surface area (Å²) < 4.78 is 20.3. The van der Waals surface area contributed by atoms with Crippen LogP contribution in [0.4, 0.5) is 0 Å². The lowest BCUT2D eigenvalue weighted by molar-refractivity contribution is -0.104. The van der Waals surface area contributed by atoms with Gasteiger partial charge in [-0.1, -0.05) is 72.8 Å². The van der Waals surface area contributed by atoms with Gasteiger partial charge in [-0.2, -0.15) is 39.1 Å². The summed E-state index contributed by atoms with van der Waals surface area (Å²) in [5.41, 5.74) is 8.90. The minimum Gasteiger partial charge on any atom is -0.419 e. The molecule has 62 heavy (non-hydrogen) atoms. The molecule has 7 heterocycles. The van der Waals surface area contributed by atoms with Crippen LogP contribution >= 0.6 is 0 Å². The molecular weight excluding hydrogens is 781 g/mol. The first-order chi connectivity index (χ1) is 30.5. The van der Waals surface area contributed by atoms with Gasteiger partial charge in [0.05, 0.1) is 66.8 Å². The van der Waals surface area contributed by atoms with Crippen molar-refractivity contribution >= 4 is 68.1 Å². The Balaban J connectivity index is 0.940. The van der Waals surface area contributed by atoms with Gasteiger partial charge in [0.25, 0.3) is 0 Å². The second kappa shape index (κ2) is 14.8. The summed E-state index contributed by atoms with van der Waals surface area (Å²) in [4.78, 5) is 30.3. The first kappa shape index (κ1) is 36.8. The molecule has 0 radical (unpaired) electrons. The number of allylic oxidation sites excluding steroid dienone is 2. The number of hydrogen-bond donors (Lipinski definition) is 0. The Morgan fingerprint density at radius 3 is 1.03 bits per heavy atom. The van der Waals surface area contributed by atoms with Crippen LogP contribution in [0.3, 0.4) is 0 Å². The van der Waals surface area contributed by atoms with E-state index in [2.05, 4.69) is 9.80 Å². The second-order valence-corrected chi connectivity index (χ2v) is 15.3. The summed E-state index contributed by atoms with van der Waals surface area (Å²) >= 11 is 0. The topological polar surface area (TPSA) is 138 Å². The van der Waals surface area contributed by atoms with Crippen LogP contribution in [0.2, 0.25) is 0 Å². The van der Waals surface area contributed by atoms with Crippen molar-refractivity contribution < 1.29 is 18.4 Å². The van der Waals surface area contributed by atoms with E-state index in [1.54, 1.807) is 18.7 Å². The Morgan fingerprint density at radius 1 is 0.435 bits per heavy atom. The van der Waals surface area contributed by atoms with Gasteiger partial charge in [0.15, 0.2) is 12.6 Å². The van der Waals surface area contributed by atoms with Crippen LogP contribution in [0.1, 0.15) is 22.8 Å². The van der Waals surface area contributed by atoms with Gasteiger partial charge >= 0.3 is 0 Å². The Bertz CT molecular complexity index is 3130. The molecule has 0 saturated carbocycles. The quantitative estimate of drug-likeness (QED) is 0.0980. The Labute approximate surface area is 353 Å². The number of rotatable bonds is 10. The summed E-state index contributed by atoms with van der Waals surface area (Å²) in [6.45, 7) is 6.22. The van der Waals surface area contributed by atoms with E-state index in [1.165, 1.54) is 0 Å². The maximum atomic E-state index is 13.1. The van der Waals surface area contributed by atoms with E-state index in [0.717, 1.165) is 68.3 Å². The van der Waals surface area contributed by atoms with Crippen molar-refractivity contribution in [2.24, 2.45) is 0 Å². The molecule has 0 spiro atoms. The molecule has 1 aliphatic heterocycles. The maximum Gasteiger partial charge on any atom is 0.233 e. The first-order valence-electron chi connectivity index (χ1n) is 20.3. The summed E-state index contributed by atoms with van der Waals surface area (Å²) in [6, 6.07) is 39.1. The summed E-state index contributed by atoms with van der Waals surface area (Å²) in [5, 5.41) is 22.7. The number of aryl methyl sites for hydroxylation is 2. The molecular formula is C48H38N10O4. The minimum absolute atomic E-state index is 0.418. The number of nitrogens with zero attached hydrogens (tertiary/aromatic N) is 10. The monoisotopic (exact) mass is 818 g/mol. The smallest absolute Gasteiger partial charge is 0.233 e. The molecule has 0 amide bonds. The van der Waals surface area contributed by atoms with Crippen LogP contribution in [-0.2, 0) is 9.59 Å². The van der Waals surface area contributed by atoms with Crippen LogP contribution in [0.15, 0.2) is 143 Å². The highest BCUT2D eigenvalue weighted by atomic mass is 16.4. The van der Waals surface area contributed by atoms with Gasteiger partial charge in [-0.3, -0.25) is 9.59 Å². The third-order valence-corrected chi connectivity index (χ3v) is 11.4. The number of para-hydroxylation sites is 4. The molecule has 304 valence electrons. The largest absolute Gasteiger partial charge is 0.419 e. The highest BCUT2D eigenvalue weighted by molar-refractivity contribution is 6.18. The molecule has 0 aliphatic carbocycles. The van der Waals surface area contributed by atoms with Gasteiger partial charge < -0.3 is 18.6 Å². The van der Waals surface area contributed by atoms with E-state index in [1.807, 2.05) is 148 Å². The van der Waals surface area contributed by atoms with Crippen molar-refractivity contribution in [3.05, 3.63) is 157 Å². The number of hydrogen-bond acceptors (Lipinski definition) is 10. The second-order valence-electron chi connectivity index (χ2n) is 15.3. The zero-order chi connectivity index (χ0) is 41.9. The van der Waals surface area contributed by atoms with E-state index in [9.17, 15) is 9.59 Å². The molecule has 10 aromatic rings. The van der Waals surface area contributed by atoms with Gasteiger partial charge in [0, 0.05) is 38.6 Å². The fourth-order valence-electron chi connectivity index (χ4n) is 8.47. The Kier molecular flexibility index (Phi) is 8.77. The predicted octanol–water partition coefficient (Wildman–Crippen LogP) is 8.24. The van der Waals surface area contributed by atoms with Crippen molar-refractivity contribution in [1.82, 2.24) is 48.9 Å². The predicted molar refractivity (Wildman–Crippen MR) is 237 cm³/mol. The van der Waals surface area contributed by atoms with Gasteiger partial charge in [0.2, 0.25) is 22.9 Å². The zero-order valence-electron chi connectivity index (χ0n) is 33.8. The molecule has 1 fully saturated rings. The summed E-state index contributed by atoms with van der Waals surface area (Å²) in [7, 11) is 0. The highest BCUT2D eigenvalue weighted by Gasteiger charge is 2.29. The highest BCUT2D eigenvalue weighted by Crippen LogP contribution is 2.40. The molecule has 4 aromatic carbocycles. The number of benzene rings is 4. The molecule has 1 saturated heterocycles. The lowest BCUT2D eigenvalue weighted by atomic mass is 10.1. The van der Waals surface area contributed by atoms with Gasteiger partial charge in [-0.05, 0) is 62.4 Å². The van der Waals surface area contributed by atoms with Gasteiger partial charge in [0.1, 0.15) is 11.4 Å². The number of carbonyl (C=O) groups is 2. The molecule has 0 atom stereocenters. The fourth-order valence-corrected chi connectivity index (χ4v) is 8.47. The third kappa shape index (κ3) is 5.94. The van der Waals surface area contributed by atoms with Crippen LogP contribution in [0.5, 0.6) is 0 Å². The third-order valence-electron chi connectivity index (χ3n) is 11.4. The number of aldehydes is 2. The van der Waals surface area contributed by atoms with E-state index in [0.29, 0.717) is 71.6 Å². The molecule has 6 aromatic heterocycles. The molecule has 14 heteroatoms. The maximum absolute atomic E-state index is 13.1.